The van der Waals surface area contributed by atoms with E-state index in [2.05, 4.69) is 10.3 Å². The molecule has 1 atom stereocenters. The molecule has 2 rings (SSSR count). The topological polar surface area (TPSA) is 82.5 Å². The van der Waals surface area contributed by atoms with Gasteiger partial charge in [0, 0.05) is 13.0 Å². The van der Waals surface area contributed by atoms with Crippen LogP contribution in [-0.4, -0.2) is 34.7 Å². The molecule has 0 saturated carbocycles. The van der Waals surface area contributed by atoms with E-state index in [1.54, 1.807) is 12.1 Å². The highest BCUT2D eigenvalue weighted by molar-refractivity contribution is 6.29. The zero-order valence-electron chi connectivity index (χ0n) is 10.4. The normalized spacial score (nSPS) is 19.4. The molecule has 0 unspecified atom stereocenters. The number of aryl methyl sites for hydroxylation is 1. The Morgan fingerprint density at radius 1 is 1.58 bits per heavy atom. The van der Waals surface area contributed by atoms with E-state index in [4.69, 9.17) is 16.7 Å². The fourth-order valence-corrected chi connectivity index (χ4v) is 2.25. The summed E-state index contributed by atoms with van der Waals surface area (Å²) in [6, 6.07) is 3.16. The van der Waals surface area contributed by atoms with Crippen LogP contribution in [0.2, 0.25) is 5.15 Å². The third-order valence-corrected chi connectivity index (χ3v) is 3.24. The number of nitrogens with one attached hydrogen (secondary N) is 1. The number of rotatable bonds is 2. The fraction of sp³-hybridized carbons (Fsp3) is 0.417. The Bertz CT molecular complexity index is 521. The zero-order valence-corrected chi connectivity index (χ0v) is 11.1. The average Bonchev–Trinajstić information content (AvgIpc) is 2.34. The van der Waals surface area contributed by atoms with Gasteiger partial charge in [0.2, 0.25) is 5.91 Å². The van der Waals surface area contributed by atoms with Crippen LogP contribution in [0.1, 0.15) is 18.4 Å². The lowest BCUT2D eigenvalue weighted by Gasteiger charge is -2.32. The van der Waals surface area contributed by atoms with Crippen LogP contribution < -0.4 is 10.2 Å². The third-order valence-electron chi connectivity index (χ3n) is 3.03. The van der Waals surface area contributed by atoms with Gasteiger partial charge in [0.1, 0.15) is 11.0 Å². The smallest absolute Gasteiger partial charge is 0.404 e. The van der Waals surface area contributed by atoms with Crippen molar-refractivity contribution >= 4 is 29.4 Å². The Kier molecular flexibility index (Phi) is 3.90. The van der Waals surface area contributed by atoms with Gasteiger partial charge >= 0.3 is 6.09 Å². The summed E-state index contributed by atoms with van der Waals surface area (Å²) in [7, 11) is 0. The van der Waals surface area contributed by atoms with Gasteiger partial charge in [-0.25, -0.2) is 9.78 Å². The van der Waals surface area contributed by atoms with E-state index >= 15 is 0 Å². The minimum Gasteiger partial charge on any atom is -0.465 e. The highest BCUT2D eigenvalue weighted by atomic mass is 35.5. The van der Waals surface area contributed by atoms with Crippen molar-refractivity contribution in [2.45, 2.75) is 25.8 Å². The number of piperidine rings is 1. The molecule has 1 aliphatic heterocycles. The molecular formula is C12H14ClN3O3. The lowest BCUT2D eigenvalue weighted by atomic mass is 10.0. The first kappa shape index (κ1) is 13.6. The number of nitrogens with zero attached hydrogens (tertiary/aromatic N) is 2. The van der Waals surface area contributed by atoms with Gasteiger partial charge in [0.15, 0.2) is 0 Å². The number of pyridine rings is 1. The molecule has 0 radical (unpaired) electrons. The number of halogens is 1. The third kappa shape index (κ3) is 3.14. The van der Waals surface area contributed by atoms with Crippen molar-refractivity contribution < 1.29 is 14.7 Å². The Morgan fingerprint density at radius 2 is 2.32 bits per heavy atom. The number of aromatic nitrogens is 1. The number of anilines is 1. The molecule has 2 amide bonds. The maximum atomic E-state index is 12.0. The molecule has 1 aliphatic rings. The van der Waals surface area contributed by atoms with Gasteiger partial charge in [0.05, 0.1) is 6.04 Å². The number of carbonyl (C=O) groups is 2. The predicted octanol–water partition coefficient (Wildman–Crippen LogP) is 1.81. The first-order valence-corrected chi connectivity index (χ1v) is 6.28. The quantitative estimate of drug-likeness (QED) is 0.811. The molecule has 1 aromatic rings. The average molecular weight is 284 g/mol. The Morgan fingerprint density at radius 3 is 3.00 bits per heavy atom. The molecule has 0 aromatic carbocycles. The van der Waals surface area contributed by atoms with Crippen LogP contribution in [0.4, 0.5) is 10.6 Å². The van der Waals surface area contributed by atoms with Crippen LogP contribution in [0.3, 0.4) is 0 Å². The van der Waals surface area contributed by atoms with Gasteiger partial charge in [-0.05, 0) is 25.0 Å². The second kappa shape index (κ2) is 5.44. The Hall–Kier alpha value is -1.82. The number of carbonyl (C=O) groups excluding carboxylic acids is 1. The summed E-state index contributed by atoms with van der Waals surface area (Å²) in [6.07, 6.45) is -0.296. The van der Waals surface area contributed by atoms with Gasteiger partial charge in [-0.1, -0.05) is 17.7 Å². The summed E-state index contributed by atoms with van der Waals surface area (Å²) in [5.74, 6) is 0.427. The molecule has 0 spiro atoms. The van der Waals surface area contributed by atoms with E-state index < -0.39 is 6.09 Å². The molecule has 19 heavy (non-hydrogen) atoms. The van der Waals surface area contributed by atoms with Crippen molar-refractivity contribution in [2.75, 3.05) is 11.4 Å². The highest BCUT2D eigenvalue weighted by Gasteiger charge is 2.29. The van der Waals surface area contributed by atoms with E-state index in [1.165, 1.54) is 4.90 Å². The van der Waals surface area contributed by atoms with Gasteiger partial charge < -0.3 is 10.4 Å². The van der Waals surface area contributed by atoms with Crippen molar-refractivity contribution in [2.24, 2.45) is 0 Å². The molecule has 1 aromatic heterocycles. The lowest BCUT2D eigenvalue weighted by Crippen LogP contribution is -2.50. The summed E-state index contributed by atoms with van der Waals surface area (Å²) < 4.78 is 0. The molecular weight excluding hydrogens is 270 g/mol. The summed E-state index contributed by atoms with van der Waals surface area (Å²) in [5.41, 5.74) is 0.828. The predicted molar refractivity (Wildman–Crippen MR) is 70.5 cm³/mol. The summed E-state index contributed by atoms with van der Waals surface area (Å²) in [5, 5.41) is 11.4. The van der Waals surface area contributed by atoms with Crippen molar-refractivity contribution in [3.05, 3.63) is 22.8 Å². The van der Waals surface area contributed by atoms with Crippen molar-refractivity contribution in [3.8, 4) is 0 Å². The van der Waals surface area contributed by atoms with Crippen LogP contribution in [0.15, 0.2) is 12.1 Å². The SMILES string of the molecule is Cc1ccc(Cl)nc1N1C[C@@H](NC(=O)O)CCC1=O. The second-order valence-corrected chi connectivity index (χ2v) is 4.85. The standard InChI is InChI=1S/C12H14ClN3O3/c1-7-2-4-9(13)15-11(7)16-6-8(14-12(18)19)3-5-10(16)17/h2,4,8,14H,3,5-6H2,1H3,(H,18,19)/t8-/m0/s1. The summed E-state index contributed by atoms with van der Waals surface area (Å²) in [6.45, 7) is 2.11. The zero-order chi connectivity index (χ0) is 14.0. The van der Waals surface area contributed by atoms with E-state index in [9.17, 15) is 9.59 Å². The highest BCUT2D eigenvalue weighted by Crippen LogP contribution is 2.24. The molecule has 102 valence electrons. The van der Waals surface area contributed by atoms with E-state index in [1.807, 2.05) is 6.92 Å². The molecule has 0 aliphatic carbocycles. The van der Waals surface area contributed by atoms with Crippen LogP contribution in [0.5, 0.6) is 0 Å². The van der Waals surface area contributed by atoms with Crippen molar-refractivity contribution in [1.82, 2.24) is 10.3 Å². The van der Waals surface area contributed by atoms with Gasteiger partial charge in [0.25, 0.3) is 0 Å². The minimum absolute atomic E-state index is 0.0682. The first-order valence-electron chi connectivity index (χ1n) is 5.90. The van der Waals surface area contributed by atoms with E-state index in [0.29, 0.717) is 23.8 Å². The molecule has 0 bridgehead atoms. The Labute approximate surface area is 115 Å². The van der Waals surface area contributed by atoms with E-state index in [0.717, 1.165) is 5.56 Å². The van der Waals surface area contributed by atoms with Crippen LogP contribution in [0.25, 0.3) is 0 Å². The second-order valence-electron chi connectivity index (χ2n) is 4.46. The molecule has 1 saturated heterocycles. The van der Waals surface area contributed by atoms with Crippen LogP contribution >= 0.6 is 11.6 Å². The largest absolute Gasteiger partial charge is 0.465 e. The maximum absolute atomic E-state index is 12.0. The van der Waals surface area contributed by atoms with Crippen LogP contribution in [-0.2, 0) is 4.79 Å². The fourth-order valence-electron chi connectivity index (χ4n) is 2.11. The molecule has 2 N–H and O–H groups in total. The number of carboxylic acid groups (broad SMARTS) is 1. The summed E-state index contributed by atoms with van der Waals surface area (Å²) in [4.78, 5) is 28.3. The molecule has 6 nitrogen and oxygen atoms in total. The van der Waals surface area contributed by atoms with Gasteiger partial charge in [-0.3, -0.25) is 9.69 Å². The van der Waals surface area contributed by atoms with Crippen molar-refractivity contribution in [3.63, 3.8) is 0 Å². The van der Waals surface area contributed by atoms with Crippen molar-refractivity contribution in [1.29, 1.82) is 0 Å². The Balaban J connectivity index is 2.23. The summed E-state index contributed by atoms with van der Waals surface area (Å²) >= 11 is 5.85. The number of amides is 2. The van der Waals surface area contributed by atoms with Gasteiger partial charge in [-0.15, -0.1) is 0 Å². The number of hydrogen-bond acceptors (Lipinski definition) is 3. The molecule has 1 fully saturated rings. The minimum atomic E-state index is -1.09. The monoisotopic (exact) mass is 283 g/mol. The lowest BCUT2D eigenvalue weighted by molar-refractivity contribution is -0.119. The first-order chi connectivity index (χ1) is 8.97. The van der Waals surface area contributed by atoms with E-state index in [-0.39, 0.29) is 18.5 Å². The molecule has 2 heterocycles. The maximum Gasteiger partial charge on any atom is 0.404 e. The number of hydrogen-bond donors (Lipinski definition) is 2. The molecule has 7 heteroatoms. The van der Waals surface area contributed by atoms with Crippen LogP contribution in [0, 0.1) is 6.92 Å². The van der Waals surface area contributed by atoms with Gasteiger partial charge in [-0.2, -0.15) is 0 Å².